The molecule has 0 saturated heterocycles. The molecule has 0 N–H and O–H groups in total. The van der Waals surface area contributed by atoms with E-state index in [9.17, 15) is 9.70 Å². The Morgan fingerprint density at radius 1 is 0.889 bits per heavy atom. The Morgan fingerprint density at radius 3 is 1.83 bits per heavy atom. The van der Waals surface area contributed by atoms with Gasteiger partial charge < -0.3 is 4.79 Å². The molecule has 0 aromatic rings. The Morgan fingerprint density at radius 2 is 1.39 bits per heavy atom. The van der Waals surface area contributed by atoms with Crippen LogP contribution in [0.25, 0.3) is 0 Å². The molecule has 0 saturated carbocycles. The van der Waals surface area contributed by atoms with Crippen molar-refractivity contribution in [2.75, 3.05) is 0 Å². The highest BCUT2D eigenvalue weighted by molar-refractivity contribution is 5.50. The lowest BCUT2D eigenvalue weighted by Crippen LogP contribution is -2.03. The molecule has 0 spiro atoms. The van der Waals surface area contributed by atoms with Crippen LogP contribution >= 0.6 is 0 Å². The van der Waals surface area contributed by atoms with Gasteiger partial charge in [0.1, 0.15) is 6.29 Å². The first kappa shape index (κ1) is 17.3. The van der Waals surface area contributed by atoms with E-state index in [1.807, 2.05) is 0 Å². The van der Waals surface area contributed by atoms with Crippen molar-refractivity contribution < 1.29 is 4.79 Å². The van der Waals surface area contributed by atoms with Crippen LogP contribution in [0.4, 0.5) is 0 Å². The van der Waals surface area contributed by atoms with E-state index in [0.29, 0.717) is 6.42 Å². The second-order valence-electron chi connectivity index (χ2n) is 5.13. The summed E-state index contributed by atoms with van der Waals surface area (Å²) in [5.41, 5.74) is 0. The fourth-order valence-corrected chi connectivity index (χ4v) is 2.19. The van der Waals surface area contributed by atoms with Crippen LogP contribution in [0.1, 0.15) is 84.0 Å². The standard InChI is InChI=1S/C15H29NO2/c1-2-3-4-5-6-7-8-9-10-11-12-15(16-18)13-14-17/h14-15H,2-13H2,1H3. The van der Waals surface area contributed by atoms with Gasteiger partial charge >= 0.3 is 0 Å². The Hall–Kier alpha value is -0.730. The van der Waals surface area contributed by atoms with Gasteiger partial charge in [-0.3, -0.25) is 0 Å². The molecule has 1 unspecified atom stereocenters. The summed E-state index contributed by atoms with van der Waals surface area (Å²) in [6.07, 6.45) is 14.8. The number of carbonyl (C=O) groups is 1. The van der Waals surface area contributed by atoms with Crippen LogP contribution in [-0.4, -0.2) is 12.3 Å². The molecule has 0 radical (unpaired) electrons. The van der Waals surface area contributed by atoms with E-state index in [1.54, 1.807) is 0 Å². The third kappa shape index (κ3) is 11.7. The Balaban J connectivity index is 3.15. The van der Waals surface area contributed by atoms with Crippen molar-refractivity contribution in [2.24, 2.45) is 5.18 Å². The average Bonchev–Trinajstić information content (AvgIpc) is 2.39. The molecule has 0 heterocycles. The average molecular weight is 255 g/mol. The number of nitrogens with zero attached hydrogens (tertiary/aromatic N) is 1. The summed E-state index contributed by atoms with van der Waals surface area (Å²) < 4.78 is 0. The molecule has 0 fully saturated rings. The molecule has 0 amide bonds. The van der Waals surface area contributed by atoms with Gasteiger partial charge in [0.05, 0.1) is 6.04 Å². The van der Waals surface area contributed by atoms with Crippen molar-refractivity contribution >= 4 is 6.29 Å². The monoisotopic (exact) mass is 255 g/mol. The minimum Gasteiger partial charge on any atom is -0.303 e. The van der Waals surface area contributed by atoms with Crippen molar-refractivity contribution in [3.8, 4) is 0 Å². The van der Waals surface area contributed by atoms with Crippen LogP contribution in [0.3, 0.4) is 0 Å². The summed E-state index contributed by atoms with van der Waals surface area (Å²) in [4.78, 5) is 20.6. The summed E-state index contributed by atoms with van der Waals surface area (Å²) >= 11 is 0. The van der Waals surface area contributed by atoms with Crippen LogP contribution in [0.15, 0.2) is 5.18 Å². The number of carbonyl (C=O) groups excluding carboxylic acids is 1. The van der Waals surface area contributed by atoms with Gasteiger partial charge in [-0.25, -0.2) is 0 Å². The van der Waals surface area contributed by atoms with Crippen LogP contribution in [0, 0.1) is 4.91 Å². The van der Waals surface area contributed by atoms with Crippen LogP contribution in [-0.2, 0) is 4.79 Å². The zero-order valence-corrected chi connectivity index (χ0v) is 11.9. The van der Waals surface area contributed by atoms with Crippen molar-refractivity contribution in [3.63, 3.8) is 0 Å². The molecule has 0 aliphatic rings. The zero-order chi connectivity index (χ0) is 13.5. The van der Waals surface area contributed by atoms with E-state index in [-0.39, 0.29) is 6.04 Å². The maximum absolute atomic E-state index is 10.4. The molecule has 18 heavy (non-hydrogen) atoms. The van der Waals surface area contributed by atoms with E-state index in [0.717, 1.165) is 19.1 Å². The SMILES string of the molecule is CCCCCCCCCCCCC(CC=O)N=O. The van der Waals surface area contributed by atoms with E-state index >= 15 is 0 Å². The summed E-state index contributed by atoms with van der Waals surface area (Å²) in [7, 11) is 0. The number of nitroso groups, excluding NO2 is 1. The lowest BCUT2D eigenvalue weighted by atomic mass is 10.0. The van der Waals surface area contributed by atoms with Gasteiger partial charge in [0.25, 0.3) is 0 Å². The van der Waals surface area contributed by atoms with Crippen molar-refractivity contribution in [1.29, 1.82) is 0 Å². The van der Waals surface area contributed by atoms with Crippen LogP contribution in [0.5, 0.6) is 0 Å². The highest BCUT2D eigenvalue weighted by Gasteiger charge is 2.06. The highest BCUT2D eigenvalue weighted by Crippen LogP contribution is 2.13. The van der Waals surface area contributed by atoms with E-state index in [2.05, 4.69) is 12.1 Å². The molecule has 3 nitrogen and oxygen atoms in total. The van der Waals surface area contributed by atoms with Gasteiger partial charge in [-0.2, -0.15) is 4.91 Å². The molecule has 106 valence electrons. The van der Waals surface area contributed by atoms with E-state index < -0.39 is 0 Å². The van der Waals surface area contributed by atoms with Gasteiger partial charge in [-0.15, -0.1) is 0 Å². The third-order valence-corrected chi connectivity index (χ3v) is 3.41. The number of unbranched alkanes of at least 4 members (excludes halogenated alkanes) is 9. The Bertz CT molecular complexity index is 195. The minimum atomic E-state index is -0.281. The summed E-state index contributed by atoms with van der Waals surface area (Å²) in [5, 5.41) is 2.97. The van der Waals surface area contributed by atoms with Gasteiger partial charge in [0.2, 0.25) is 0 Å². The fourth-order valence-electron chi connectivity index (χ4n) is 2.19. The predicted octanol–water partition coefficient (Wildman–Crippen LogP) is 5.02. The smallest absolute Gasteiger partial charge is 0.122 e. The molecule has 0 aliphatic carbocycles. The first-order chi connectivity index (χ1) is 8.85. The van der Waals surface area contributed by atoms with Gasteiger partial charge in [0, 0.05) is 6.42 Å². The highest BCUT2D eigenvalue weighted by atomic mass is 16.3. The summed E-state index contributed by atoms with van der Waals surface area (Å²) in [6.45, 7) is 2.24. The topological polar surface area (TPSA) is 46.5 Å². The van der Waals surface area contributed by atoms with Gasteiger partial charge in [0.15, 0.2) is 0 Å². The van der Waals surface area contributed by atoms with Crippen LogP contribution in [0.2, 0.25) is 0 Å². The Labute approximate surface area is 112 Å². The minimum absolute atomic E-state index is 0.281. The van der Waals surface area contributed by atoms with Crippen molar-refractivity contribution in [1.82, 2.24) is 0 Å². The second kappa shape index (κ2) is 14.3. The fraction of sp³-hybridized carbons (Fsp3) is 0.933. The third-order valence-electron chi connectivity index (χ3n) is 3.41. The van der Waals surface area contributed by atoms with Crippen molar-refractivity contribution in [2.45, 2.75) is 90.0 Å². The number of hydrogen-bond donors (Lipinski definition) is 0. The predicted molar refractivity (Wildman–Crippen MR) is 76.7 cm³/mol. The number of aldehydes is 1. The number of hydrogen-bond acceptors (Lipinski definition) is 3. The lowest BCUT2D eigenvalue weighted by Gasteiger charge is -2.05. The van der Waals surface area contributed by atoms with Crippen molar-refractivity contribution in [3.05, 3.63) is 4.91 Å². The van der Waals surface area contributed by atoms with Gasteiger partial charge in [-0.1, -0.05) is 76.3 Å². The molecule has 0 aliphatic heterocycles. The van der Waals surface area contributed by atoms with E-state index in [1.165, 1.54) is 57.8 Å². The molecule has 0 bridgehead atoms. The van der Waals surface area contributed by atoms with Gasteiger partial charge in [-0.05, 0) is 6.42 Å². The maximum Gasteiger partial charge on any atom is 0.122 e. The summed E-state index contributed by atoms with van der Waals surface area (Å²) in [5.74, 6) is 0. The quantitative estimate of drug-likeness (QED) is 0.248. The molecule has 3 heteroatoms. The first-order valence-corrected chi connectivity index (χ1v) is 7.61. The molecule has 0 aromatic heterocycles. The first-order valence-electron chi connectivity index (χ1n) is 7.61. The zero-order valence-electron chi connectivity index (χ0n) is 11.9. The molecule has 1 atom stereocenters. The number of rotatable bonds is 14. The Kier molecular flexibility index (Phi) is 13.8. The second-order valence-corrected chi connectivity index (χ2v) is 5.13. The molecule has 0 aromatic carbocycles. The molecule has 0 rings (SSSR count). The maximum atomic E-state index is 10.4. The molecular formula is C15H29NO2. The molecular weight excluding hydrogens is 226 g/mol. The normalized spacial score (nSPS) is 12.3. The van der Waals surface area contributed by atoms with Crippen LogP contribution < -0.4 is 0 Å². The largest absolute Gasteiger partial charge is 0.303 e. The van der Waals surface area contributed by atoms with E-state index in [4.69, 9.17) is 0 Å². The lowest BCUT2D eigenvalue weighted by molar-refractivity contribution is -0.108. The summed E-state index contributed by atoms with van der Waals surface area (Å²) in [6, 6.07) is -0.281.